The molecule has 0 unspecified atom stereocenters. The summed E-state index contributed by atoms with van der Waals surface area (Å²) >= 11 is 1.64. The summed E-state index contributed by atoms with van der Waals surface area (Å²) in [6.07, 6.45) is 2.01. The summed E-state index contributed by atoms with van der Waals surface area (Å²) in [5.41, 5.74) is 1.96. The summed E-state index contributed by atoms with van der Waals surface area (Å²) in [6.45, 7) is 7.21. The van der Waals surface area contributed by atoms with Crippen molar-refractivity contribution in [3.8, 4) is 22.1 Å². The van der Waals surface area contributed by atoms with Crippen LogP contribution >= 0.6 is 11.3 Å². The van der Waals surface area contributed by atoms with Gasteiger partial charge in [-0.05, 0) is 24.6 Å². The van der Waals surface area contributed by atoms with Gasteiger partial charge in [0.2, 0.25) is 0 Å². The topological polar surface area (TPSA) is 65.4 Å². The highest BCUT2D eigenvalue weighted by Gasteiger charge is 2.13. The summed E-state index contributed by atoms with van der Waals surface area (Å²) in [5.74, 6) is -0.215. The van der Waals surface area contributed by atoms with Crippen LogP contribution in [0, 0.1) is 0 Å². The molecule has 0 aliphatic rings. The molecule has 0 fully saturated rings. The number of phenols is 2. The molecule has 2 rings (SSSR count). The minimum absolute atomic E-state index is 0.106. The maximum atomic E-state index is 9.63. The van der Waals surface area contributed by atoms with Gasteiger partial charge in [0.25, 0.3) is 0 Å². The summed E-state index contributed by atoms with van der Waals surface area (Å²) < 4.78 is 0. The number of nitrogens with one attached hydrogen (secondary N) is 1. The highest BCUT2D eigenvalue weighted by Crippen LogP contribution is 2.34. The molecular formula is C16H22N2O2S. The molecule has 21 heavy (non-hydrogen) atoms. The molecule has 4 nitrogen and oxygen atoms in total. The summed E-state index contributed by atoms with van der Waals surface area (Å²) in [7, 11) is 0. The second kappa shape index (κ2) is 6.91. The standard InChI is InChI=1S/C16H22N2O2S/c1-4-5-12-15(9-17-10(2)3)21-16(18-12)11-6-7-13(19)14(20)8-11/h6-8,10,17,19-20H,4-5,9H2,1-3H3. The number of hydrogen-bond donors (Lipinski definition) is 3. The van der Waals surface area contributed by atoms with Gasteiger partial charge in [-0.3, -0.25) is 0 Å². The summed E-state index contributed by atoms with van der Waals surface area (Å²) in [6, 6.07) is 5.27. The summed E-state index contributed by atoms with van der Waals surface area (Å²) in [4.78, 5) is 5.95. The van der Waals surface area contributed by atoms with E-state index in [9.17, 15) is 10.2 Å². The molecule has 5 heteroatoms. The van der Waals surface area contributed by atoms with Crippen molar-refractivity contribution in [1.82, 2.24) is 10.3 Å². The normalized spacial score (nSPS) is 11.2. The minimum Gasteiger partial charge on any atom is -0.504 e. The van der Waals surface area contributed by atoms with Crippen LogP contribution in [0.4, 0.5) is 0 Å². The molecule has 0 aliphatic heterocycles. The van der Waals surface area contributed by atoms with Gasteiger partial charge in [0.05, 0.1) is 5.69 Å². The van der Waals surface area contributed by atoms with Gasteiger partial charge in [-0.25, -0.2) is 4.98 Å². The van der Waals surface area contributed by atoms with Crippen LogP contribution in [0.15, 0.2) is 18.2 Å². The molecule has 0 aliphatic carbocycles. The average molecular weight is 306 g/mol. The van der Waals surface area contributed by atoms with Crippen LogP contribution in [0.25, 0.3) is 10.6 Å². The lowest BCUT2D eigenvalue weighted by atomic mass is 10.2. The Kier molecular flexibility index (Phi) is 5.20. The molecule has 3 N–H and O–H groups in total. The molecule has 0 spiro atoms. The van der Waals surface area contributed by atoms with E-state index in [1.54, 1.807) is 23.5 Å². The molecule has 2 aromatic rings. The zero-order valence-electron chi connectivity index (χ0n) is 12.7. The SMILES string of the molecule is CCCc1nc(-c2ccc(O)c(O)c2)sc1CNC(C)C. The highest BCUT2D eigenvalue weighted by molar-refractivity contribution is 7.15. The third kappa shape index (κ3) is 3.95. The number of thiazole rings is 1. The molecule has 1 heterocycles. The maximum Gasteiger partial charge on any atom is 0.158 e. The van der Waals surface area contributed by atoms with Crippen LogP contribution in [0.5, 0.6) is 11.5 Å². The first kappa shape index (κ1) is 15.8. The molecule has 0 atom stereocenters. The Labute approximate surface area is 129 Å². The predicted octanol–water partition coefficient (Wildman–Crippen LogP) is 3.67. The first-order chi connectivity index (χ1) is 10.0. The first-order valence-corrected chi connectivity index (χ1v) is 8.07. The smallest absolute Gasteiger partial charge is 0.158 e. The lowest BCUT2D eigenvalue weighted by molar-refractivity contribution is 0.404. The Morgan fingerprint density at radius 3 is 2.62 bits per heavy atom. The number of hydrogen-bond acceptors (Lipinski definition) is 5. The Hall–Kier alpha value is -1.59. The van der Waals surface area contributed by atoms with E-state index in [4.69, 9.17) is 4.98 Å². The fourth-order valence-electron chi connectivity index (χ4n) is 2.03. The lowest BCUT2D eigenvalue weighted by Crippen LogP contribution is -2.21. The number of aryl methyl sites for hydroxylation is 1. The van der Waals surface area contributed by atoms with Crippen molar-refractivity contribution in [2.45, 2.75) is 46.2 Å². The zero-order valence-corrected chi connectivity index (χ0v) is 13.5. The number of nitrogens with zero attached hydrogens (tertiary/aromatic N) is 1. The van der Waals surface area contributed by atoms with Crippen molar-refractivity contribution < 1.29 is 10.2 Å². The zero-order chi connectivity index (χ0) is 15.4. The van der Waals surface area contributed by atoms with E-state index in [0.717, 1.165) is 35.7 Å². The van der Waals surface area contributed by atoms with E-state index in [1.165, 1.54) is 10.9 Å². The molecule has 0 saturated heterocycles. The van der Waals surface area contributed by atoms with Gasteiger partial charge in [-0.15, -0.1) is 11.3 Å². The number of rotatable bonds is 6. The Balaban J connectivity index is 2.31. The molecule has 0 amide bonds. The Morgan fingerprint density at radius 2 is 2.00 bits per heavy atom. The molecule has 0 saturated carbocycles. The van der Waals surface area contributed by atoms with Crippen LogP contribution in [0.3, 0.4) is 0 Å². The van der Waals surface area contributed by atoms with Gasteiger partial charge in [-0.1, -0.05) is 27.2 Å². The van der Waals surface area contributed by atoms with E-state index >= 15 is 0 Å². The van der Waals surface area contributed by atoms with Crippen LogP contribution in [-0.4, -0.2) is 21.2 Å². The van der Waals surface area contributed by atoms with Gasteiger partial charge in [-0.2, -0.15) is 0 Å². The lowest BCUT2D eigenvalue weighted by Gasteiger charge is -2.07. The fourth-order valence-corrected chi connectivity index (χ4v) is 3.09. The third-order valence-electron chi connectivity index (χ3n) is 3.16. The molecule has 1 aromatic carbocycles. The number of aromatic hydroxyl groups is 2. The molecular weight excluding hydrogens is 284 g/mol. The molecule has 114 valence electrons. The monoisotopic (exact) mass is 306 g/mol. The number of phenolic OH excluding ortho intramolecular Hbond substituents is 2. The fraction of sp³-hybridized carbons (Fsp3) is 0.438. The second-order valence-corrected chi connectivity index (χ2v) is 6.46. The third-order valence-corrected chi connectivity index (χ3v) is 4.30. The number of benzene rings is 1. The van der Waals surface area contributed by atoms with Crippen LogP contribution < -0.4 is 5.32 Å². The van der Waals surface area contributed by atoms with Crippen molar-refractivity contribution in [3.05, 3.63) is 28.8 Å². The Bertz CT molecular complexity index is 608. The Morgan fingerprint density at radius 1 is 1.24 bits per heavy atom. The van der Waals surface area contributed by atoms with Crippen molar-refractivity contribution >= 4 is 11.3 Å². The van der Waals surface area contributed by atoms with Crippen molar-refractivity contribution in [1.29, 1.82) is 0 Å². The second-order valence-electron chi connectivity index (χ2n) is 5.38. The van der Waals surface area contributed by atoms with E-state index < -0.39 is 0 Å². The van der Waals surface area contributed by atoms with Crippen molar-refractivity contribution in [2.24, 2.45) is 0 Å². The molecule has 0 bridgehead atoms. The van der Waals surface area contributed by atoms with Crippen LogP contribution in [-0.2, 0) is 13.0 Å². The van der Waals surface area contributed by atoms with E-state index in [2.05, 4.69) is 26.1 Å². The van der Waals surface area contributed by atoms with Crippen molar-refractivity contribution in [2.75, 3.05) is 0 Å². The van der Waals surface area contributed by atoms with Gasteiger partial charge in [0.1, 0.15) is 5.01 Å². The van der Waals surface area contributed by atoms with Crippen LogP contribution in [0.2, 0.25) is 0 Å². The minimum atomic E-state index is -0.110. The maximum absolute atomic E-state index is 9.63. The molecule has 1 aromatic heterocycles. The first-order valence-electron chi connectivity index (χ1n) is 7.25. The van der Waals surface area contributed by atoms with Gasteiger partial charge < -0.3 is 15.5 Å². The van der Waals surface area contributed by atoms with E-state index in [1.807, 2.05) is 0 Å². The molecule has 0 radical (unpaired) electrons. The van der Waals surface area contributed by atoms with Gasteiger partial charge in [0, 0.05) is 23.0 Å². The quantitative estimate of drug-likeness (QED) is 0.712. The van der Waals surface area contributed by atoms with Crippen LogP contribution in [0.1, 0.15) is 37.8 Å². The van der Waals surface area contributed by atoms with E-state index in [0.29, 0.717) is 6.04 Å². The van der Waals surface area contributed by atoms with Crippen molar-refractivity contribution in [3.63, 3.8) is 0 Å². The largest absolute Gasteiger partial charge is 0.504 e. The number of aromatic nitrogens is 1. The van der Waals surface area contributed by atoms with Gasteiger partial charge >= 0.3 is 0 Å². The summed E-state index contributed by atoms with van der Waals surface area (Å²) in [5, 5.41) is 23.3. The predicted molar refractivity (Wildman–Crippen MR) is 86.9 cm³/mol. The van der Waals surface area contributed by atoms with E-state index in [-0.39, 0.29) is 11.5 Å². The highest BCUT2D eigenvalue weighted by atomic mass is 32.1. The van der Waals surface area contributed by atoms with Gasteiger partial charge in [0.15, 0.2) is 11.5 Å². The average Bonchev–Trinajstić information content (AvgIpc) is 2.83.